The SMILES string of the molecule is Cc1ccc2c(oc3ccccc32)c1N1C(C(C)(C)C)OC(C(C)C)[C@@H]1C. The topological polar surface area (TPSA) is 25.6 Å². The van der Waals surface area contributed by atoms with Crippen LogP contribution in [0, 0.1) is 18.3 Å². The molecular weight excluding hydrogens is 334 g/mol. The van der Waals surface area contributed by atoms with Gasteiger partial charge in [-0.1, -0.05) is 65.0 Å². The molecule has 3 aromatic rings. The minimum atomic E-state index is -0.00147. The monoisotopic (exact) mass is 365 g/mol. The van der Waals surface area contributed by atoms with E-state index in [1.807, 2.05) is 6.07 Å². The van der Waals surface area contributed by atoms with Gasteiger partial charge in [0.25, 0.3) is 0 Å². The van der Waals surface area contributed by atoms with Crippen molar-refractivity contribution in [3.05, 3.63) is 42.0 Å². The first-order valence-electron chi connectivity index (χ1n) is 10.0. The standard InChI is InChI=1S/C24H31NO2/c1-14(2)21-16(4)25(23(27-21)24(5,6)7)20-15(3)12-13-18-17-10-8-9-11-19(17)26-22(18)20/h8-14,16,21,23H,1-7H3/t16-,21?,23?/m0/s1. The Kier molecular flexibility index (Phi) is 4.27. The summed E-state index contributed by atoms with van der Waals surface area (Å²) < 4.78 is 13.0. The summed E-state index contributed by atoms with van der Waals surface area (Å²) in [6, 6.07) is 13.0. The summed E-state index contributed by atoms with van der Waals surface area (Å²) in [6.07, 6.45) is 0.214. The van der Waals surface area contributed by atoms with Gasteiger partial charge in [-0.05, 0) is 31.4 Å². The van der Waals surface area contributed by atoms with Crippen LogP contribution < -0.4 is 4.90 Å². The predicted octanol–water partition coefficient (Wildman–Crippen LogP) is 6.52. The Labute approximate surface area is 162 Å². The number of aryl methyl sites for hydroxylation is 1. The molecule has 1 aromatic heterocycles. The fourth-order valence-electron chi connectivity index (χ4n) is 4.55. The average Bonchev–Trinajstić information content (AvgIpc) is 3.13. The smallest absolute Gasteiger partial charge is 0.159 e. The van der Waals surface area contributed by atoms with Crippen LogP contribution >= 0.6 is 0 Å². The maximum absolute atomic E-state index is 6.63. The maximum atomic E-state index is 6.63. The lowest BCUT2D eigenvalue weighted by atomic mass is 9.92. The molecule has 0 bridgehead atoms. The van der Waals surface area contributed by atoms with Crippen LogP contribution in [0.25, 0.3) is 21.9 Å². The summed E-state index contributed by atoms with van der Waals surface area (Å²) in [6.45, 7) is 15.7. The second-order valence-electron chi connectivity index (χ2n) is 9.42. The molecule has 1 fully saturated rings. The molecule has 0 amide bonds. The maximum Gasteiger partial charge on any atom is 0.159 e. The molecule has 0 spiro atoms. The van der Waals surface area contributed by atoms with E-state index in [9.17, 15) is 0 Å². The number of furan rings is 1. The first-order valence-corrected chi connectivity index (χ1v) is 10.0. The summed E-state index contributed by atoms with van der Waals surface area (Å²) in [7, 11) is 0. The third-order valence-electron chi connectivity index (χ3n) is 5.83. The molecule has 0 aliphatic carbocycles. The molecule has 2 heterocycles. The van der Waals surface area contributed by atoms with E-state index in [1.165, 1.54) is 22.0 Å². The Morgan fingerprint density at radius 2 is 1.70 bits per heavy atom. The van der Waals surface area contributed by atoms with Crippen molar-refractivity contribution in [2.75, 3.05) is 4.90 Å². The van der Waals surface area contributed by atoms with E-state index in [4.69, 9.17) is 9.15 Å². The Morgan fingerprint density at radius 1 is 1.00 bits per heavy atom. The Balaban J connectivity index is 1.97. The molecule has 2 unspecified atom stereocenters. The first kappa shape index (κ1) is 18.4. The predicted molar refractivity (Wildman–Crippen MR) is 113 cm³/mol. The van der Waals surface area contributed by atoms with Gasteiger partial charge in [0, 0.05) is 16.2 Å². The minimum Gasteiger partial charge on any atom is -0.454 e. The van der Waals surface area contributed by atoms with Crippen molar-refractivity contribution in [2.24, 2.45) is 11.3 Å². The van der Waals surface area contributed by atoms with Gasteiger partial charge in [0.1, 0.15) is 11.8 Å². The highest BCUT2D eigenvalue weighted by Crippen LogP contribution is 2.45. The van der Waals surface area contributed by atoms with Crippen molar-refractivity contribution in [1.82, 2.24) is 0 Å². The average molecular weight is 366 g/mol. The molecular formula is C24H31NO2. The summed E-state index contributed by atoms with van der Waals surface area (Å²) in [5.41, 5.74) is 4.33. The summed E-state index contributed by atoms with van der Waals surface area (Å²) in [4.78, 5) is 2.48. The number of ether oxygens (including phenoxy) is 1. The Hall–Kier alpha value is -2.00. The molecule has 1 aliphatic heterocycles. The zero-order chi connectivity index (χ0) is 19.5. The van der Waals surface area contributed by atoms with Gasteiger partial charge >= 0.3 is 0 Å². The van der Waals surface area contributed by atoms with Crippen LogP contribution in [0.4, 0.5) is 5.69 Å². The number of nitrogens with zero attached hydrogens (tertiary/aromatic N) is 1. The van der Waals surface area contributed by atoms with E-state index in [0.717, 1.165) is 11.2 Å². The quantitative estimate of drug-likeness (QED) is 0.517. The molecule has 3 heteroatoms. The normalized spacial score (nSPS) is 23.9. The van der Waals surface area contributed by atoms with Crippen LogP contribution in [0.1, 0.15) is 47.1 Å². The third-order valence-corrected chi connectivity index (χ3v) is 5.83. The second kappa shape index (κ2) is 6.27. The Bertz CT molecular complexity index is 979. The number of anilines is 1. The van der Waals surface area contributed by atoms with Crippen LogP contribution in [0.2, 0.25) is 0 Å². The first-order chi connectivity index (χ1) is 12.7. The van der Waals surface area contributed by atoms with Gasteiger partial charge in [-0.2, -0.15) is 0 Å². The Morgan fingerprint density at radius 3 is 2.37 bits per heavy atom. The van der Waals surface area contributed by atoms with Crippen molar-refractivity contribution >= 4 is 27.6 Å². The van der Waals surface area contributed by atoms with E-state index in [2.05, 4.69) is 83.7 Å². The van der Waals surface area contributed by atoms with Gasteiger partial charge in [0.05, 0.1) is 17.8 Å². The van der Waals surface area contributed by atoms with E-state index < -0.39 is 0 Å². The molecule has 3 atom stereocenters. The lowest BCUT2D eigenvalue weighted by molar-refractivity contribution is -0.0334. The summed E-state index contributed by atoms with van der Waals surface area (Å²) in [5, 5.41) is 2.35. The van der Waals surface area contributed by atoms with Crippen LogP contribution in [0.3, 0.4) is 0 Å². The van der Waals surface area contributed by atoms with E-state index >= 15 is 0 Å². The van der Waals surface area contributed by atoms with Crippen molar-refractivity contribution in [3.8, 4) is 0 Å². The lowest BCUT2D eigenvalue weighted by Gasteiger charge is -2.37. The molecule has 1 saturated heterocycles. The summed E-state index contributed by atoms with van der Waals surface area (Å²) in [5.74, 6) is 0.463. The highest BCUT2D eigenvalue weighted by Gasteiger charge is 2.47. The van der Waals surface area contributed by atoms with E-state index in [1.54, 1.807) is 0 Å². The highest BCUT2D eigenvalue weighted by molar-refractivity contribution is 6.09. The molecule has 27 heavy (non-hydrogen) atoms. The molecule has 3 nitrogen and oxygen atoms in total. The third kappa shape index (κ3) is 2.84. The van der Waals surface area contributed by atoms with E-state index in [-0.39, 0.29) is 23.8 Å². The summed E-state index contributed by atoms with van der Waals surface area (Å²) >= 11 is 0. The van der Waals surface area contributed by atoms with Crippen LogP contribution in [-0.4, -0.2) is 18.4 Å². The number of benzene rings is 2. The van der Waals surface area contributed by atoms with Crippen molar-refractivity contribution in [1.29, 1.82) is 0 Å². The van der Waals surface area contributed by atoms with Crippen LogP contribution in [-0.2, 0) is 4.74 Å². The van der Waals surface area contributed by atoms with Gasteiger partial charge in [0.2, 0.25) is 0 Å². The lowest BCUT2D eigenvalue weighted by Crippen LogP contribution is -2.44. The number of para-hydroxylation sites is 1. The molecule has 144 valence electrons. The molecule has 1 aliphatic rings. The zero-order valence-corrected chi connectivity index (χ0v) is 17.5. The molecule has 4 rings (SSSR count). The van der Waals surface area contributed by atoms with Crippen molar-refractivity contribution in [2.45, 2.75) is 66.8 Å². The number of hydrogen-bond acceptors (Lipinski definition) is 3. The molecule has 0 radical (unpaired) electrons. The molecule has 0 N–H and O–H groups in total. The van der Waals surface area contributed by atoms with Gasteiger partial charge in [-0.15, -0.1) is 0 Å². The van der Waals surface area contributed by atoms with Crippen LogP contribution in [0.5, 0.6) is 0 Å². The zero-order valence-electron chi connectivity index (χ0n) is 17.5. The molecule has 2 aromatic carbocycles. The second-order valence-corrected chi connectivity index (χ2v) is 9.42. The number of hydrogen-bond donors (Lipinski definition) is 0. The minimum absolute atomic E-state index is 0.00147. The molecule has 0 saturated carbocycles. The highest BCUT2D eigenvalue weighted by atomic mass is 16.5. The van der Waals surface area contributed by atoms with Gasteiger partial charge in [0.15, 0.2) is 5.58 Å². The number of fused-ring (bicyclic) bond motifs is 3. The van der Waals surface area contributed by atoms with Crippen molar-refractivity contribution in [3.63, 3.8) is 0 Å². The largest absolute Gasteiger partial charge is 0.454 e. The van der Waals surface area contributed by atoms with E-state index in [0.29, 0.717) is 5.92 Å². The van der Waals surface area contributed by atoms with Crippen LogP contribution in [0.15, 0.2) is 40.8 Å². The van der Waals surface area contributed by atoms with Gasteiger partial charge in [-0.25, -0.2) is 0 Å². The van der Waals surface area contributed by atoms with Gasteiger partial charge < -0.3 is 14.1 Å². The fourth-order valence-corrected chi connectivity index (χ4v) is 4.55. The van der Waals surface area contributed by atoms with Crippen molar-refractivity contribution < 1.29 is 9.15 Å². The van der Waals surface area contributed by atoms with Gasteiger partial charge in [-0.3, -0.25) is 0 Å². The number of rotatable bonds is 2. The fraction of sp³-hybridized carbons (Fsp3) is 0.500.